The lowest BCUT2D eigenvalue weighted by molar-refractivity contribution is -0.386. The Morgan fingerprint density at radius 1 is 1.08 bits per heavy atom. The number of hydrogen-bond donors (Lipinski definition) is 1. The van der Waals surface area contributed by atoms with E-state index < -0.39 is 10.8 Å². The maximum Gasteiger partial charge on any atom is 0.323 e. The first-order valence-corrected chi connectivity index (χ1v) is 11.6. The van der Waals surface area contributed by atoms with Crippen molar-refractivity contribution < 1.29 is 14.5 Å². The van der Waals surface area contributed by atoms with E-state index in [1.165, 1.54) is 19.2 Å². The van der Waals surface area contributed by atoms with Crippen LogP contribution in [0.25, 0.3) is 11.1 Å². The summed E-state index contributed by atoms with van der Waals surface area (Å²) < 4.78 is 5.18. The molecule has 9 nitrogen and oxygen atoms in total. The van der Waals surface area contributed by atoms with E-state index in [0.717, 1.165) is 28.1 Å². The first-order chi connectivity index (χ1) is 17.5. The zero-order valence-corrected chi connectivity index (χ0v) is 19.8. The molecule has 1 amide bonds. The van der Waals surface area contributed by atoms with Gasteiger partial charge in [-0.3, -0.25) is 14.9 Å². The zero-order chi connectivity index (χ0) is 25.1. The van der Waals surface area contributed by atoms with Crippen molar-refractivity contribution in [2.75, 3.05) is 25.1 Å². The minimum atomic E-state index is -0.560. The summed E-state index contributed by atoms with van der Waals surface area (Å²) in [5.74, 6) is -0.339. The normalized spacial score (nSPS) is 13.1. The number of benzene rings is 3. The second-order valence-electron chi connectivity index (χ2n) is 8.55. The van der Waals surface area contributed by atoms with Crippen molar-refractivity contribution in [3.63, 3.8) is 0 Å². The number of carbonyl (C=O) groups excluding carboxylic acids is 1. The van der Waals surface area contributed by atoms with Crippen LogP contribution in [0.4, 0.5) is 11.4 Å². The molecule has 5 rings (SSSR count). The summed E-state index contributed by atoms with van der Waals surface area (Å²) >= 11 is 0. The van der Waals surface area contributed by atoms with Crippen LogP contribution >= 0.6 is 0 Å². The third-order valence-electron chi connectivity index (χ3n) is 6.36. The molecule has 0 spiro atoms. The van der Waals surface area contributed by atoms with Crippen LogP contribution in [0, 0.1) is 10.1 Å². The monoisotopic (exact) mass is 483 g/mol. The fourth-order valence-corrected chi connectivity index (χ4v) is 4.61. The summed E-state index contributed by atoms with van der Waals surface area (Å²) in [7, 11) is 1.36. The van der Waals surface area contributed by atoms with Crippen LogP contribution in [-0.2, 0) is 13.1 Å². The number of aromatic amines is 1. The first kappa shape index (κ1) is 23.1. The van der Waals surface area contributed by atoms with Crippen LogP contribution < -0.4 is 9.64 Å². The van der Waals surface area contributed by atoms with Gasteiger partial charge in [0.25, 0.3) is 5.91 Å². The van der Waals surface area contributed by atoms with Crippen LogP contribution in [0.15, 0.2) is 79.3 Å². The molecule has 0 bridgehead atoms. The Kier molecular flexibility index (Phi) is 6.36. The molecular weight excluding hydrogens is 458 g/mol. The number of methoxy groups -OCH3 is 1. The molecule has 1 aliphatic rings. The van der Waals surface area contributed by atoms with E-state index in [4.69, 9.17) is 4.74 Å². The quantitative estimate of drug-likeness (QED) is 0.316. The minimum Gasteiger partial charge on any atom is -0.490 e. The number of carbonyl (C=O) groups is 1. The Morgan fingerprint density at radius 3 is 2.64 bits per heavy atom. The van der Waals surface area contributed by atoms with Crippen LogP contribution in [-0.4, -0.2) is 45.9 Å². The van der Waals surface area contributed by atoms with Gasteiger partial charge in [-0.1, -0.05) is 42.5 Å². The molecule has 182 valence electrons. The molecule has 0 fully saturated rings. The van der Waals surface area contributed by atoms with E-state index in [0.29, 0.717) is 26.2 Å². The standard InChI is InChI=1S/C27H25N5O4/c1-36-25-9-5-8-23(26(25)32(34)35)27(33)31-13-12-30(17-22-15-28-18-29-22)24-11-10-20(14-21(24)16-31)19-6-3-2-4-7-19/h2-11,14-15,18H,12-13,16-17H2,1H3,(H,28,29). The van der Waals surface area contributed by atoms with Gasteiger partial charge in [0.15, 0.2) is 5.75 Å². The van der Waals surface area contributed by atoms with Crippen molar-refractivity contribution in [2.24, 2.45) is 0 Å². The number of nitro groups is 1. The highest BCUT2D eigenvalue weighted by molar-refractivity contribution is 5.99. The number of hydrogen-bond acceptors (Lipinski definition) is 6. The number of amides is 1. The van der Waals surface area contributed by atoms with E-state index in [1.54, 1.807) is 23.5 Å². The van der Waals surface area contributed by atoms with Gasteiger partial charge in [0, 0.05) is 31.5 Å². The summed E-state index contributed by atoms with van der Waals surface area (Å²) in [6.07, 6.45) is 3.43. The zero-order valence-electron chi connectivity index (χ0n) is 19.8. The van der Waals surface area contributed by atoms with Gasteiger partial charge in [-0.2, -0.15) is 0 Å². The summed E-state index contributed by atoms with van der Waals surface area (Å²) in [4.78, 5) is 36.1. The van der Waals surface area contributed by atoms with Gasteiger partial charge in [-0.25, -0.2) is 4.98 Å². The molecule has 0 atom stereocenters. The van der Waals surface area contributed by atoms with Crippen LogP contribution in [0.2, 0.25) is 0 Å². The summed E-state index contributed by atoms with van der Waals surface area (Å²) in [6.45, 7) is 1.87. The third-order valence-corrected chi connectivity index (χ3v) is 6.36. The number of para-hydroxylation sites is 1. The smallest absolute Gasteiger partial charge is 0.323 e. The number of nitro benzene ring substituents is 1. The van der Waals surface area contributed by atoms with Gasteiger partial charge in [0.05, 0.1) is 30.6 Å². The van der Waals surface area contributed by atoms with Crippen LogP contribution in [0.5, 0.6) is 5.75 Å². The molecule has 2 heterocycles. The Balaban J connectivity index is 1.54. The van der Waals surface area contributed by atoms with E-state index in [9.17, 15) is 14.9 Å². The molecule has 1 aromatic heterocycles. The second-order valence-corrected chi connectivity index (χ2v) is 8.55. The van der Waals surface area contributed by atoms with Crippen LogP contribution in [0.1, 0.15) is 21.6 Å². The molecule has 9 heteroatoms. The maximum absolute atomic E-state index is 13.7. The number of ether oxygens (including phenoxy) is 1. The number of aromatic nitrogens is 2. The first-order valence-electron chi connectivity index (χ1n) is 11.6. The minimum absolute atomic E-state index is 0.0159. The molecule has 1 aliphatic heterocycles. The number of imidazole rings is 1. The lowest BCUT2D eigenvalue weighted by Crippen LogP contribution is -2.35. The number of rotatable bonds is 6. The SMILES string of the molecule is COc1cccc(C(=O)N2CCN(Cc3cnc[nH]3)c3ccc(-c4ccccc4)cc3C2)c1[N+](=O)[O-]. The van der Waals surface area contributed by atoms with Crippen molar-refractivity contribution >= 4 is 17.3 Å². The van der Waals surface area contributed by atoms with Crippen LogP contribution in [0.3, 0.4) is 0 Å². The molecule has 1 N–H and O–H groups in total. The number of nitrogens with zero attached hydrogens (tertiary/aromatic N) is 4. The van der Waals surface area contributed by atoms with Gasteiger partial charge in [-0.15, -0.1) is 0 Å². The average Bonchev–Trinajstić information content (AvgIpc) is 3.36. The number of fused-ring (bicyclic) bond motifs is 1. The molecule has 4 aromatic rings. The van der Waals surface area contributed by atoms with Crippen molar-refractivity contribution in [3.8, 4) is 16.9 Å². The van der Waals surface area contributed by atoms with Crippen molar-refractivity contribution in [1.82, 2.24) is 14.9 Å². The van der Waals surface area contributed by atoms with Crippen molar-refractivity contribution in [3.05, 3.63) is 106 Å². The van der Waals surface area contributed by atoms with Crippen molar-refractivity contribution in [1.29, 1.82) is 0 Å². The molecule has 3 aromatic carbocycles. The molecular formula is C27H25N5O4. The Morgan fingerprint density at radius 2 is 1.92 bits per heavy atom. The Bertz CT molecular complexity index is 1390. The molecule has 0 radical (unpaired) electrons. The van der Waals surface area contributed by atoms with Crippen molar-refractivity contribution in [2.45, 2.75) is 13.1 Å². The third kappa shape index (κ3) is 4.50. The summed E-state index contributed by atoms with van der Waals surface area (Å²) in [5, 5.41) is 11.8. The number of H-pyrrole nitrogens is 1. The summed E-state index contributed by atoms with van der Waals surface area (Å²) in [6, 6.07) is 20.9. The van der Waals surface area contributed by atoms with Gasteiger partial charge >= 0.3 is 5.69 Å². The highest BCUT2D eigenvalue weighted by Crippen LogP contribution is 2.34. The average molecular weight is 484 g/mol. The largest absolute Gasteiger partial charge is 0.490 e. The molecule has 0 saturated carbocycles. The van der Waals surface area contributed by atoms with E-state index >= 15 is 0 Å². The Hall–Kier alpha value is -4.66. The predicted octanol–water partition coefficient (Wildman–Crippen LogP) is 4.66. The Labute approximate surface area is 208 Å². The highest BCUT2D eigenvalue weighted by atomic mass is 16.6. The molecule has 0 saturated heterocycles. The molecule has 0 aliphatic carbocycles. The summed E-state index contributed by atoms with van der Waals surface area (Å²) in [5.41, 5.74) is 4.75. The number of nitrogens with one attached hydrogen (secondary N) is 1. The van der Waals surface area contributed by atoms with Gasteiger partial charge in [0.1, 0.15) is 5.56 Å². The van der Waals surface area contributed by atoms with Gasteiger partial charge < -0.3 is 19.5 Å². The van der Waals surface area contributed by atoms with Gasteiger partial charge in [-0.05, 0) is 41.0 Å². The molecule has 0 unspecified atom stereocenters. The predicted molar refractivity (Wildman–Crippen MR) is 136 cm³/mol. The van der Waals surface area contributed by atoms with E-state index in [2.05, 4.69) is 33.1 Å². The fourth-order valence-electron chi connectivity index (χ4n) is 4.61. The van der Waals surface area contributed by atoms with E-state index in [-0.39, 0.29) is 17.0 Å². The van der Waals surface area contributed by atoms with Gasteiger partial charge in [0.2, 0.25) is 0 Å². The topological polar surface area (TPSA) is 105 Å². The molecule has 36 heavy (non-hydrogen) atoms. The maximum atomic E-state index is 13.7. The highest BCUT2D eigenvalue weighted by Gasteiger charge is 2.31. The van der Waals surface area contributed by atoms with E-state index in [1.807, 2.05) is 30.3 Å². The fraction of sp³-hybridized carbons (Fsp3) is 0.185. The lowest BCUT2D eigenvalue weighted by Gasteiger charge is -2.24. The number of anilines is 1. The second kappa shape index (κ2) is 9.91. The lowest BCUT2D eigenvalue weighted by atomic mass is 10.0.